The molecular formula is C14H18O2Si. The van der Waals surface area contributed by atoms with Crippen molar-refractivity contribution in [2.75, 3.05) is 13.7 Å². The minimum absolute atomic E-state index is 0.0100. The molecule has 0 aliphatic rings. The minimum atomic E-state index is -1.37. The Bertz CT molecular complexity index is 461. The number of benzene rings is 1. The predicted molar refractivity (Wildman–Crippen MR) is 72.9 cm³/mol. The van der Waals surface area contributed by atoms with Gasteiger partial charge in [0.25, 0.3) is 0 Å². The molecule has 0 radical (unpaired) electrons. The largest absolute Gasteiger partial charge is 0.377 e. The van der Waals surface area contributed by atoms with Crippen molar-refractivity contribution in [3.63, 3.8) is 0 Å². The Morgan fingerprint density at radius 3 is 2.65 bits per heavy atom. The minimum Gasteiger partial charge on any atom is -0.377 e. The van der Waals surface area contributed by atoms with Gasteiger partial charge in [0.2, 0.25) is 0 Å². The summed E-state index contributed by atoms with van der Waals surface area (Å²) in [5, 5.41) is 0. The van der Waals surface area contributed by atoms with Crippen LogP contribution in [-0.2, 0) is 4.74 Å². The van der Waals surface area contributed by atoms with Crippen LogP contribution in [0.3, 0.4) is 0 Å². The zero-order chi connectivity index (χ0) is 12.9. The van der Waals surface area contributed by atoms with Crippen molar-refractivity contribution < 1.29 is 9.53 Å². The first kappa shape index (κ1) is 13.7. The highest BCUT2D eigenvalue weighted by atomic mass is 28.3. The van der Waals surface area contributed by atoms with Gasteiger partial charge < -0.3 is 4.74 Å². The lowest BCUT2D eigenvalue weighted by Gasteiger charge is -2.04. The summed E-state index contributed by atoms with van der Waals surface area (Å²) >= 11 is 0. The van der Waals surface area contributed by atoms with Crippen LogP contribution in [0.1, 0.15) is 15.9 Å². The van der Waals surface area contributed by atoms with Crippen LogP contribution in [-0.4, -0.2) is 27.6 Å². The summed E-state index contributed by atoms with van der Waals surface area (Å²) in [6, 6.07) is 7.41. The van der Waals surface area contributed by atoms with E-state index in [4.69, 9.17) is 4.74 Å². The second kappa shape index (κ2) is 5.81. The van der Waals surface area contributed by atoms with E-state index in [1.807, 2.05) is 18.2 Å². The zero-order valence-electron chi connectivity index (χ0n) is 10.8. The summed E-state index contributed by atoms with van der Waals surface area (Å²) in [6.07, 6.45) is 0. The summed E-state index contributed by atoms with van der Waals surface area (Å²) < 4.78 is 4.83. The van der Waals surface area contributed by atoms with Gasteiger partial charge in [0.15, 0.2) is 5.78 Å². The van der Waals surface area contributed by atoms with Crippen molar-refractivity contribution in [3.05, 3.63) is 35.4 Å². The lowest BCUT2D eigenvalue weighted by molar-refractivity contribution is 0.0848. The number of carbonyl (C=O) groups excluding carboxylic acids is 1. The highest BCUT2D eigenvalue weighted by Gasteiger charge is 2.08. The molecule has 0 fully saturated rings. The molecule has 0 saturated carbocycles. The summed E-state index contributed by atoms with van der Waals surface area (Å²) in [5.74, 6) is 3.13. The Balaban J connectivity index is 2.93. The van der Waals surface area contributed by atoms with Crippen LogP contribution in [0.25, 0.3) is 0 Å². The number of hydrogen-bond acceptors (Lipinski definition) is 2. The van der Waals surface area contributed by atoms with E-state index >= 15 is 0 Å². The second-order valence-corrected chi connectivity index (χ2v) is 9.69. The van der Waals surface area contributed by atoms with Gasteiger partial charge in [-0.15, -0.1) is 5.54 Å². The van der Waals surface area contributed by atoms with Crippen molar-refractivity contribution in [3.8, 4) is 11.5 Å². The molecule has 2 nitrogen and oxygen atoms in total. The van der Waals surface area contributed by atoms with Gasteiger partial charge in [-0.1, -0.05) is 37.7 Å². The van der Waals surface area contributed by atoms with Crippen LogP contribution in [0.15, 0.2) is 24.3 Å². The molecule has 3 heteroatoms. The third kappa shape index (κ3) is 4.99. The van der Waals surface area contributed by atoms with Crippen LogP contribution < -0.4 is 0 Å². The molecule has 90 valence electrons. The first-order valence-corrected chi connectivity index (χ1v) is 9.08. The van der Waals surface area contributed by atoms with E-state index < -0.39 is 8.07 Å². The van der Waals surface area contributed by atoms with Gasteiger partial charge in [0.05, 0.1) is 0 Å². The van der Waals surface area contributed by atoms with E-state index in [-0.39, 0.29) is 12.4 Å². The molecule has 0 spiro atoms. The fourth-order valence-electron chi connectivity index (χ4n) is 1.24. The Kier molecular flexibility index (Phi) is 4.68. The van der Waals surface area contributed by atoms with Crippen LogP contribution in [0, 0.1) is 11.5 Å². The smallest absolute Gasteiger partial charge is 0.188 e. The highest BCUT2D eigenvalue weighted by Crippen LogP contribution is 2.06. The molecule has 0 saturated heterocycles. The third-order valence-electron chi connectivity index (χ3n) is 2.04. The van der Waals surface area contributed by atoms with E-state index in [0.717, 1.165) is 5.56 Å². The fraction of sp³-hybridized carbons (Fsp3) is 0.357. The molecule has 17 heavy (non-hydrogen) atoms. The van der Waals surface area contributed by atoms with E-state index in [1.54, 1.807) is 6.07 Å². The number of ketones is 1. The highest BCUT2D eigenvalue weighted by molar-refractivity contribution is 6.83. The van der Waals surface area contributed by atoms with Gasteiger partial charge in [-0.2, -0.15) is 0 Å². The molecule has 1 aromatic rings. The molecule has 0 unspecified atom stereocenters. The molecule has 0 aromatic heterocycles. The maximum atomic E-state index is 11.6. The normalized spacial score (nSPS) is 10.6. The monoisotopic (exact) mass is 246 g/mol. The Morgan fingerprint density at radius 2 is 2.06 bits per heavy atom. The molecule has 0 N–H and O–H groups in total. The molecule has 0 aliphatic heterocycles. The molecular weight excluding hydrogens is 228 g/mol. The molecule has 0 atom stereocenters. The fourth-order valence-corrected chi connectivity index (χ4v) is 1.76. The average molecular weight is 246 g/mol. The molecule has 0 aliphatic carbocycles. The van der Waals surface area contributed by atoms with Gasteiger partial charge >= 0.3 is 0 Å². The molecule has 0 heterocycles. The Labute approximate surface area is 104 Å². The molecule has 0 amide bonds. The number of Topliss-reactive ketones (excluding diaryl/α,β-unsaturated/α-hetero) is 1. The van der Waals surface area contributed by atoms with E-state index in [0.29, 0.717) is 5.56 Å². The number of rotatable bonds is 3. The first-order valence-electron chi connectivity index (χ1n) is 5.58. The topological polar surface area (TPSA) is 26.3 Å². The Morgan fingerprint density at radius 1 is 1.35 bits per heavy atom. The van der Waals surface area contributed by atoms with E-state index in [1.165, 1.54) is 7.11 Å². The third-order valence-corrected chi connectivity index (χ3v) is 2.92. The quantitative estimate of drug-likeness (QED) is 0.466. The lowest BCUT2D eigenvalue weighted by Crippen LogP contribution is -2.16. The van der Waals surface area contributed by atoms with Crippen molar-refractivity contribution in [2.45, 2.75) is 19.6 Å². The summed E-state index contributed by atoms with van der Waals surface area (Å²) in [4.78, 5) is 11.6. The van der Waals surface area contributed by atoms with E-state index in [2.05, 4.69) is 31.1 Å². The van der Waals surface area contributed by atoms with Gasteiger partial charge in [-0.05, 0) is 12.1 Å². The standard InChI is InChI=1S/C14H18O2Si/c1-16-11-14(15)13-7-5-6-12(10-13)8-9-17(2,3)4/h5-7,10H,11H2,1-4H3. The van der Waals surface area contributed by atoms with E-state index in [9.17, 15) is 4.79 Å². The van der Waals surface area contributed by atoms with Gasteiger partial charge in [-0.25, -0.2) is 0 Å². The number of hydrogen-bond donors (Lipinski definition) is 0. The maximum absolute atomic E-state index is 11.6. The zero-order valence-corrected chi connectivity index (χ0v) is 11.8. The molecule has 1 rings (SSSR count). The Hall–Kier alpha value is -1.37. The maximum Gasteiger partial charge on any atom is 0.188 e. The van der Waals surface area contributed by atoms with Crippen LogP contribution >= 0.6 is 0 Å². The van der Waals surface area contributed by atoms with Crippen molar-refractivity contribution in [1.29, 1.82) is 0 Å². The predicted octanol–water partition coefficient (Wildman–Crippen LogP) is 2.74. The van der Waals surface area contributed by atoms with Crippen LogP contribution in [0.5, 0.6) is 0 Å². The van der Waals surface area contributed by atoms with Crippen molar-refractivity contribution in [1.82, 2.24) is 0 Å². The first-order chi connectivity index (χ1) is 7.92. The summed E-state index contributed by atoms with van der Waals surface area (Å²) in [7, 11) is 0.150. The van der Waals surface area contributed by atoms with Crippen molar-refractivity contribution >= 4 is 13.9 Å². The van der Waals surface area contributed by atoms with Gasteiger partial charge in [0.1, 0.15) is 14.7 Å². The lowest BCUT2D eigenvalue weighted by atomic mass is 10.1. The summed E-state index contributed by atoms with van der Waals surface area (Å²) in [6.45, 7) is 6.70. The molecule has 1 aromatic carbocycles. The van der Waals surface area contributed by atoms with Crippen LogP contribution in [0.4, 0.5) is 0 Å². The second-order valence-electron chi connectivity index (χ2n) is 4.94. The number of ether oxygens (including phenoxy) is 1. The SMILES string of the molecule is COCC(=O)c1cccc(C#C[Si](C)(C)C)c1. The molecule has 0 bridgehead atoms. The average Bonchev–Trinajstić information content (AvgIpc) is 2.26. The number of methoxy groups -OCH3 is 1. The van der Waals surface area contributed by atoms with Gasteiger partial charge in [-0.3, -0.25) is 4.79 Å². The van der Waals surface area contributed by atoms with Crippen LogP contribution in [0.2, 0.25) is 19.6 Å². The van der Waals surface area contributed by atoms with Gasteiger partial charge in [0, 0.05) is 18.2 Å². The number of carbonyl (C=O) groups is 1. The van der Waals surface area contributed by atoms with Crippen molar-refractivity contribution in [2.24, 2.45) is 0 Å². The summed E-state index contributed by atoms with van der Waals surface area (Å²) in [5.41, 5.74) is 4.84.